The summed E-state index contributed by atoms with van der Waals surface area (Å²) in [6, 6.07) is 3.68. The van der Waals surface area contributed by atoms with E-state index >= 15 is 0 Å². The molecule has 1 amide bonds. The second-order valence-corrected chi connectivity index (χ2v) is 5.10. The van der Waals surface area contributed by atoms with Crippen LogP contribution in [-0.4, -0.2) is 34.6 Å². The highest BCUT2D eigenvalue weighted by atomic mass is 19.1. The standard InChI is InChI=1S/C16H18FN3O4/c1-2-24-15(22)4-3-7-18-14(21)9-20-10-19-13-8-11(17)5-6-12(13)16(20)23/h5-6,8,10H,2-4,7,9H2,1H3,(H,18,21). The third-order valence-corrected chi connectivity index (χ3v) is 3.29. The Hall–Kier alpha value is -2.77. The van der Waals surface area contributed by atoms with Crippen LogP contribution in [0.2, 0.25) is 0 Å². The van der Waals surface area contributed by atoms with Crippen LogP contribution < -0.4 is 10.9 Å². The summed E-state index contributed by atoms with van der Waals surface area (Å²) in [5.41, 5.74) is -0.173. The SMILES string of the molecule is CCOC(=O)CCCNC(=O)Cn1cnc2cc(F)ccc2c1=O. The Morgan fingerprint density at radius 1 is 1.38 bits per heavy atom. The van der Waals surface area contributed by atoms with Crippen LogP contribution in [0.3, 0.4) is 0 Å². The van der Waals surface area contributed by atoms with Crippen molar-refractivity contribution >= 4 is 22.8 Å². The predicted octanol–water partition coefficient (Wildman–Crippen LogP) is 0.995. The summed E-state index contributed by atoms with van der Waals surface area (Å²) < 4.78 is 19.0. The molecule has 0 radical (unpaired) electrons. The van der Waals surface area contributed by atoms with E-state index in [1.807, 2.05) is 0 Å². The minimum Gasteiger partial charge on any atom is -0.466 e. The van der Waals surface area contributed by atoms with Crippen LogP contribution in [0.15, 0.2) is 29.3 Å². The van der Waals surface area contributed by atoms with Gasteiger partial charge in [0.25, 0.3) is 5.56 Å². The first kappa shape index (κ1) is 17.6. The number of rotatable bonds is 7. The van der Waals surface area contributed by atoms with Gasteiger partial charge in [0.1, 0.15) is 12.4 Å². The number of ether oxygens (including phenoxy) is 1. The van der Waals surface area contributed by atoms with Crippen molar-refractivity contribution in [2.75, 3.05) is 13.2 Å². The Kier molecular flexibility index (Phi) is 6.00. The van der Waals surface area contributed by atoms with Crippen molar-refractivity contribution in [3.8, 4) is 0 Å². The molecule has 0 aliphatic carbocycles. The number of hydrogen-bond donors (Lipinski definition) is 1. The number of carbonyl (C=O) groups is 2. The van der Waals surface area contributed by atoms with Gasteiger partial charge in [-0.15, -0.1) is 0 Å². The lowest BCUT2D eigenvalue weighted by Gasteiger charge is -2.08. The number of nitrogens with zero attached hydrogens (tertiary/aromatic N) is 2. The molecule has 1 N–H and O–H groups in total. The molecule has 0 bridgehead atoms. The van der Waals surface area contributed by atoms with Crippen LogP contribution in [0.1, 0.15) is 19.8 Å². The van der Waals surface area contributed by atoms with Gasteiger partial charge in [-0.25, -0.2) is 9.37 Å². The molecule has 128 valence electrons. The average Bonchev–Trinajstić information content (AvgIpc) is 2.54. The van der Waals surface area contributed by atoms with Crippen molar-refractivity contribution in [2.24, 2.45) is 0 Å². The van der Waals surface area contributed by atoms with Gasteiger partial charge in [-0.2, -0.15) is 0 Å². The van der Waals surface area contributed by atoms with E-state index < -0.39 is 11.4 Å². The summed E-state index contributed by atoms with van der Waals surface area (Å²) in [5.74, 6) is -1.16. The van der Waals surface area contributed by atoms with Crippen molar-refractivity contribution < 1.29 is 18.7 Å². The van der Waals surface area contributed by atoms with E-state index in [1.54, 1.807) is 6.92 Å². The van der Waals surface area contributed by atoms with Crippen molar-refractivity contribution in [3.05, 3.63) is 40.7 Å². The van der Waals surface area contributed by atoms with Crippen LogP contribution >= 0.6 is 0 Å². The summed E-state index contributed by atoms with van der Waals surface area (Å²) in [6.07, 6.45) is 1.88. The molecular formula is C16H18FN3O4. The molecule has 2 rings (SSSR count). The van der Waals surface area contributed by atoms with E-state index in [2.05, 4.69) is 10.3 Å². The lowest BCUT2D eigenvalue weighted by molar-refractivity contribution is -0.143. The molecule has 1 aromatic carbocycles. The van der Waals surface area contributed by atoms with Crippen LogP contribution in [-0.2, 0) is 20.9 Å². The van der Waals surface area contributed by atoms with Crippen molar-refractivity contribution in [2.45, 2.75) is 26.3 Å². The van der Waals surface area contributed by atoms with Crippen LogP contribution in [0.25, 0.3) is 10.9 Å². The van der Waals surface area contributed by atoms with Crippen LogP contribution in [0.4, 0.5) is 4.39 Å². The number of benzene rings is 1. The zero-order valence-electron chi connectivity index (χ0n) is 13.3. The summed E-state index contributed by atoms with van der Waals surface area (Å²) in [7, 11) is 0. The Morgan fingerprint density at radius 3 is 2.92 bits per heavy atom. The first-order valence-electron chi connectivity index (χ1n) is 7.58. The van der Waals surface area contributed by atoms with Crippen molar-refractivity contribution in [3.63, 3.8) is 0 Å². The van der Waals surface area contributed by atoms with E-state index in [0.717, 1.165) is 10.6 Å². The molecule has 0 aliphatic rings. The summed E-state index contributed by atoms with van der Waals surface area (Å²) in [5, 5.41) is 2.86. The molecule has 0 aliphatic heterocycles. The smallest absolute Gasteiger partial charge is 0.305 e. The largest absolute Gasteiger partial charge is 0.466 e. The normalized spacial score (nSPS) is 10.6. The van der Waals surface area contributed by atoms with Gasteiger partial charge >= 0.3 is 5.97 Å². The van der Waals surface area contributed by atoms with Gasteiger partial charge in [-0.1, -0.05) is 0 Å². The van der Waals surface area contributed by atoms with Crippen molar-refractivity contribution in [1.82, 2.24) is 14.9 Å². The predicted molar refractivity (Wildman–Crippen MR) is 84.8 cm³/mol. The topological polar surface area (TPSA) is 90.3 Å². The second kappa shape index (κ2) is 8.19. The van der Waals surface area contributed by atoms with Gasteiger partial charge in [0, 0.05) is 19.0 Å². The lowest BCUT2D eigenvalue weighted by atomic mass is 10.2. The highest BCUT2D eigenvalue weighted by molar-refractivity contribution is 5.79. The average molecular weight is 335 g/mol. The van der Waals surface area contributed by atoms with Gasteiger partial charge in [0.2, 0.25) is 5.91 Å². The van der Waals surface area contributed by atoms with E-state index in [9.17, 15) is 18.8 Å². The van der Waals surface area contributed by atoms with Crippen LogP contribution in [0, 0.1) is 5.82 Å². The molecule has 0 fully saturated rings. The van der Waals surface area contributed by atoms with Crippen LogP contribution in [0.5, 0.6) is 0 Å². The molecule has 0 atom stereocenters. The Balaban J connectivity index is 1.91. The molecule has 2 aromatic rings. The molecular weight excluding hydrogens is 317 g/mol. The van der Waals surface area contributed by atoms with Gasteiger partial charge in [0.05, 0.1) is 23.8 Å². The Bertz CT molecular complexity index is 803. The molecule has 0 saturated carbocycles. The molecule has 8 heteroatoms. The number of nitrogens with one attached hydrogen (secondary N) is 1. The fourth-order valence-corrected chi connectivity index (χ4v) is 2.15. The molecule has 0 saturated heterocycles. The highest BCUT2D eigenvalue weighted by Crippen LogP contribution is 2.08. The fraction of sp³-hybridized carbons (Fsp3) is 0.375. The number of esters is 1. The fourth-order valence-electron chi connectivity index (χ4n) is 2.15. The zero-order valence-corrected chi connectivity index (χ0v) is 13.3. The first-order valence-corrected chi connectivity index (χ1v) is 7.58. The van der Waals surface area contributed by atoms with Gasteiger partial charge < -0.3 is 10.1 Å². The molecule has 0 unspecified atom stereocenters. The molecule has 24 heavy (non-hydrogen) atoms. The minimum absolute atomic E-state index is 0.196. The number of carbonyl (C=O) groups excluding carboxylic acids is 2. The Labute approximate surface area is 137 Å². The molecule has 1 aromatic heterocycles. The van der Waals surface area contributed by atoms with Gasteiger partial charge in [0.15, 0.2) is 0 Å². The lowest BCUT2D eigenvalue weighted by Crippen LogP contribution is -2.33. The Morgan fingerprint density at radius 2 is 2.17 bits per heavy atom. The van der Waals surface area contributed by atoms with E-state index in [-0.39, 0.29) is 35.7 Å². The maximum absolute atomic E-state index is 13.1. The van der Waals surface area contributed by atoms with E-state index in [1.165, 1.54) is 18.5 Å². The number of aromatic nitrogens is 2. The second-order valence-electron chi connectivity index (χ2n) is 5.10. The third kappa shape index (κ3) is 4.61. The zero-order chi connectivity index (χ0) is 17.5. The summed E-state index contributed by atoms with van der Waals surface area (Å²) in [6.45, 7) is 2.16. The minimum atomic E-state index is -0.480. The number of amides is 1. The molecule has 0 spiro atoms. The molecule has 1 heterocycles. The number of fused-ring (bicyclic) bond motifs is 1. The molecule has 7 nitrogen and oxygen atoms in total. The monoisotopic (exact) mass is 335 g/mol. The first-order chi connectivity index (χ1) is 11.5. The number of halogens is 1. The number of hydrogen-bond acceptors (Lipinski definition) is 5. The van der Waals surface area contributed by atoms with Gasteiger partial charge in [-0.05, 0) is 25.5 Å². The van der Waals surface area contributed by atoms with Crippen molar-refractivity contribution in [1.29, 1.82) is 0 Å². The maximum atomic E-state index is 13.1. The quantitative estimate of drug-likeness (QED) is 0.602. The highest BCUT2D eigenvalue weighted by Gasteiger charge is 2.09. The summed E-state index contributed by atoms with van der Waals surface area (Å²) in [4.78, 5) is 39.2. The summed E-state index contributed by atoms with van der Waals surface area (Å²) >= 11 is 0. The van der Waals surface area contributed by atoms with E-state index in [0.29, 0.717) is 19.6 Å². The third-order valence-electron chi connectivity index (χ3n) is 3.29. The van der Waals surface area contributed by atoms with Gasteiger partial charge in [-0.3, -0.25) is 19.0 Å². The maximum Gasteiger partial charge on any atom is 0.305 e. The van der Waals surface area contributed by atoms with E-state index in [4.69, 9.17) is 4.74 Å².